The van der Waals surface area contributed by atoms with Crippen molar-refractivity contribution in [1.29, 1.82) is 0 Å². The summed E-state index contributed by atoms with van der Waals surface area (Å²) >= 11 is 0. The van der Waals surface area contributed by atoms with Crippen LogP contribution < -0.4 is 5.56 Å². The maximum atomic E-state index is 12.8. The van der Waals surface area contributed by atoms with E-state index in [-0.39, 0.29) is 11.5 Å². The molecule has 1 amide bonds. The van der Waals surface area contributed by atoms with Gasteiger partial charge in [-0.15, -0.1) is 0 Å². The van der Waals surface area contributed by atoms with Crippen LogP contribution in [-0.2, 0) is 6.54 Å². The largest absolute Gasteiger partial charge is 0.353 e. The molecule has 3 aliphatic rings. The Morgan fingerprint density at radius 1 is 1.48 bits per heavy atom. The third kappa shape index (κ3) is 2.46. The van der Waals surface area contributed by atoms with Gasteiger partial charge in [-0.05, 0) is 25.7 Å². The van der Waals surface area contributed by atoms with Crippen molar-refractivity contribution >= 4 is 5.91 Å². The zero-order chi connectivity index (χ0) is 15.0. The molecule has 0 aliphatic carbocycles. The van der Waals surface area contributed by atoms with Crippen molar-refractivity contribution in [2.75, 3.05) is 13.1 Å². The molecular weight excluding hydrogens is 268 g/mol. The van der Waals surface area contributed by atoms with Gasteiger partial charge in [0.25, 0.3) is 11.5 Å². The van der Waals surface area contributed by atoms with Gasteiger partial charge >= 0.3 is 0 Å². The van der Waals surface area contributed by atoms with E-state index in [0.717, 1.165) is 25.9 Å². The lowest BCUT2D eigenvalue weighted by Crippen LogP contribution is -2.39. The number of aryl methyl sites for hydroxylation is 1. The predicted octanol–water partition coefficient (Wildman–Crippen LogP) is 1.57. The fraction of sp³-hybridized carbons (Fsp3) is 0.533. The van der Waals surface area contributed by atoms with Gasteiger partial charge in [0.15, 0.2) is 0 Å². The third-order valence-corrected chi connectivity index (χ3v) is 4.15. The molecule has 0 aromatic rings. The van der Waals surface area contributed by atoms with Crippen molar-refractivity contribution in [2.24, 2.45) is 5.92 Å². The van der Waals surface area contributed by atoms with E-state index in [1.54, 1.807) is 12.4 Å². The van der Waals surface area contributed by atoms with E-state index in [4.69, 9.17) is 0 Å². The first-order valence-electron chi connectivity index (χ1n) is 7.47. The molecule has 0 aromatic carbocycles. The number of piperidine rings is 1. The summed E-state index contributed by atoms with van der Waals surface area (Å²) in [7, 11) is 0. The molecule has 1 N–H and O–H groups in total. The Balaban J connectivity index is 2.02. The fourth-order valence-electron chi connectivity index (χ4n) is 2.97. The highest BCUT2D eigenvalue weighted by molar-refractivity contribution is 5.99. The SMILES string of the molecule is CCn1cc(C(=O)N2CCCC(C)C2)c2n[nH]c(=O)c-2c1. The first-order valence-corrected chi connectivity index (χ1v) is 7.47. The monoisotopic (exact) mass is 288 g/mol. The molecule has 3 heterocycles. The van der Waals surface area contributed by atoms with Crippen LogP contribution in [0.5, 0.6) is 0 Å². The van der Waals surface area contributed by atoms with Crippen LogP contribution in [0.1, 0.15) is 37.0 Å². The number of hydrogen-bond donors (Lipinski definition) is 1. The second-order valence-corrected chi connectivity index (χ2v) is 5.82. The third-order valence-electron chi connectivity index (χ3n) is 4.15. The minimum atomic E-state index is -0.242. The van der Waals surface area contributed by atoms with Gasteiger partial charge in [-0.1, -0.05) is 6.92 Å². The van der Waals surface area contributed by atoms with Crippen molar-refractivity contribution in [1.82, 2.24) is 19.7 Å². The number of nitrogens with zero attached hydrogens (tertiary/aromatic N) is 3. The highest BCUT2D eigenvalue weighted by atomic mass is 16.2. The molecule has 6 heteroatoms. The average molecular weight is 288 g/mol. The predicted molar refractivity (Wildman–Crippen MR) is 79.4 cm³/mol. The molecule has 3 aliphatic heterocycles. The lowest BCUT2D eigenvalue weighted by Gasteiger charge is -2.31. The molecule has 0 spiro atoms. The van der Waals surface area contributed by atoms with Crippen LogP contribution in [0.4, 0.5) is 0 Å². The highest BCUT2D eigenvalue weighted by Gasteiger charge is 2.27. The summed E-state index contributed by atoms with van der Waals surface area (Å²) in [6, 6.07) is 0. The minimum Gasteiger partial charge on any atom is -0.353 e. The second-order valence-electron chi connectivity index (χ2n) is 5.82. The number of aromatic nitrogens is 3. The molecule has 3 rings (SSSR count). The van der Waals surface area contributed by atoms with Gasteiger partial charge in [0.2, 0.25) is 0 Å². The molecule has 112 valence electrons. The fourth-order valence-corrected chi connectivity index (χ4v) is 2.97. The summed E-state index contributed by atoms with van der Waals surface area (Å²) in [5.41, 5.74) is 1.23. The zero-order valence-corrected chi connectivity index (χ0v) is 12.4. The Labute approximate surface area is 123 Å². The normalized spacial score (nSPS) is 19.1. The number of hydrogen-bond acceptors (Lipinski definition) is 3. The van der Waals surface area contributed by atoms with Gasteiger partial charge in [0.05, 0.1) is 11.1 Å². The van der Waals surface area contributed by atoms with Crippen LogP contribution in [0.15, 0.2) is 17.2 Å². The van der Waals surface area contributed by atoms with Crippen molar-refractivity contribution in [3.05, 3.63) is 28.3 Å². The van der Waals surface area contributed by atoms with Crippen LogP contribution >= 0.6 is 0 Å². The molecular formula is C15H20N4O2. The van der Waals surface area contributed by atoms with E-state index in [0.29, 0.717) is 29.3 Å². The number of amides is 1. The van der Waals surface area contributed by atoms with E-state index < -0.39 is 0 Å². The molecule has 0 aromatic heterocycles. The maximum absolute atomic E-state index is 12.8. The standard InChI is InChI=1S/C15H20N4O2/c1-3-18-8-11-13(16-17-14(11)20)12(9-18)15(21)19-6-4-5-10(2)7-19/h8-10H,3-7H2,1-2H3,(H,17,20). The van der Waals surface area contributed by atoms with E-state index in [9.17, 15) is 9.59 Å². The Bertz CT molecular complexity index is 688. The maximum Gasteiger partial charge on any atom is 0.275 e. The lowest BCUT2D eigenvalue weighted by molar-refractivity contribution is 0.0682. The van der Waals surface area contributed by atoms with Crippen LogP contribution in [0.3, 0.4) is 0 Å². The van der Waals surface area contributed by atoms with Crippen molar-refractivity contribution in [2.45, 2.75) is 33.2 Å². The number of H-pyrrole nitrogens is 1. The van der Waals surface area contributed by atoms with E-state index in [2.05, 4.69) is 17.1 Å². The summed E-state index contributed by atoms with van der Waals surface area (Å²) < 4.78 is 1.86. The molecule has 0 radical (unpaired) electrons. The smallest absolute Gasteiger partial charge is 0.275 e. The Hall–Kier alpha value is -2.11. The molecule has 21 heavy (non-hydrogen) atoms. The van der Waals surface area contributed by atoms with Crippen molar-refractivity contribution in [3.63, 3.8) is 0 Å². The molecule has 0 bridgehead atoms. The Kier molecular flexibility index (Phi) is 3.53. The number of carbonyl (C=O) groups excluding carboxylic acids is 1. The first-order chi connectivity index (χ1) is 10.1. The summed E-state index contributed by atoms with van der Waals surface area (Å²) in [6.45, 7) is 6.40. The van der Waals surface area contributed by atoms with E-state index >= 15 is 0 Å². The van der Waals surface area contributed by atoms with Gasteiger partial charge < -0.3 is 9.47 Å². The van der Waals surface area contributed by atoms with Gasteiger partial charge in [0, 0.05) is 32.0 Å². The summed E-state index contributed by atoms with van der Waals surface area (Å²) in [5, 5.41) is 6.48. The lowest BCUT2D eigenvalue weighted by atomic mass is 9.99. The van der Waals surface area contributed by atoms with Gasteiger partial charge in [-0.25, -0.2) is 5.10 Å². The zero-order valence-electron chi connectivity index (χ0n) is 12.4. The van der Waals surface area contributed by atoms with Gasteiger partial charge in [-0.3, -0.25) is 9.59 Å². The van der Waals surface area contributed by atoms with E-state index in [1.165, 1.54) is 0 Å². The number of pyridine rings is 1. The number of carbonyl (C=O) groups is 1. The van der Waals surface area contributed by atoms with Crippen LogP contribution in [0.25, 0.3) is 11.3 Å². The summed E-state index contributed by atoms with van der Waals surface area (Å²) in [5.74, 6) is 0.496. The Morgan fingerprint density at radius 2 is 2.29 bits per heavy atom. The summed E-state index contributed by atoms with van der Waals surface area (Å²) in [4.78, 5) is 26.5. The average Bonchev–Trinajstić information content (AvgIpc) is 2.87. The molecule has 0 saturated carbocycles. The molecule has 1 atom stereocenters. The van der Waals surface area contributed by atoms with Crippen LogP contribution in [-0.4, -0.2) is 38.7 Å². The molecule has 6 nitrogen and oxygen atoms in total. The number of rotatable bonds is 2. The number of fused-ring (bicyclic) bond motifs is 1. The van der Waals surface area contributed by atoms with Crippen LogP contribution in [0.2, 0.25) is 0 Å². The molecule has 1 unspecified atom stereocenters. The Morgan fingerprint density at radius 3 is 3.00 bits per heavy atom. The quantitative estimate of drug-likeness (QED) is 0.911. The first kappa shape index (κ1) is 13.9. The minimum absolute atomic E-state index is 0.0270. The van der Waals surface area contributed by atoms with Crippen molar-refractivity contribution in [3.8, 4) is 11.3 Å². The number of likely N-dealkylation sites (tertiary alicyclic amines) is 1. The summed E-state index contributed by atoms with van der Waals surface area (Å²) in [6.07, 6.45) is 5.74. The van der Waals surface area contributed by atoms with E-state index in [1.807, 2.05) is 16.4 Å². The van der Waals surface area contributed by atoms with Gasteiger partial charge in [0.1, 0.15) is 5.69 Å². The topological polar surface area (TPSA) is 71.0 Å². The van der Waals surface area contributed by atoms with Gasteiger partial charge in [-0.2, -0.15) is 5.10 Å². The highest BCUT2D eigenvalue weighted by Crippen LogP contribution is 2.24. The van der Waals surface area contributed by atoms with Crippen LogP contribution in [0, 0.1) is 5.92 Å². The molecule has 1 saturated heterocycles. The molecule has 1 fully saturated rings. The second kappa shape index (κ2) is 5.35. The number of nitrogens with one attached hydrogen (secondary N) is 1. The van der Waals surface area contributed by atoms with Crippen molar-refractivity contribution < 1.29 is 4.79 Å². The number of aromatic amines is 1.